The summed E-state index contributed by atoms with van der Waals surface area (Å²) in [4.78, 5) is 15.9. The van der Waals surface area contributed by atoms with Crippen molar-refractivity contribution in [3.05, 3.63) is 48.2 Å². The van der Waals surface area contributed by atoms with Gasteiger partial charge in [-0.1, -0.05) is 18.2 Å². The molecule has 1 N–H and O–H groups in total. The molecular formula is C15H16N2O3. The Hall–Kier alpha value is -2.56. The topological polar surface area (TPSA) is 60.5 Å². The molecule has 0 radical (unpaired) electrons. The maximum Gasteiger partial charge on any atom is 0.263 e. The Labute approximate surface area is 117 Å². The van der Waals surface area contributed by atoms with Gasteiger partial charge in [0, 0.05) is 6.20 Å². The number of hydrogen-bond acceptors (Lipinski definition) is 4. The lowest BCUT2D eigenvalue weighted by molar-refractivity contribution is -0.118. The molecular weight excluding hydrogens is 256 g/mol. The van der Waals surface area contributed by atoms with E-state index >= 15 is 0 Å². The smallest absolute Gasteiger partial charge is 0.263 e. The minimum absolute atomic E-state index is 0.101. The summed E-state index contributed by atoms with van der Waals surface area (Å²) in [6.07, 6.45) is 1.63. The highest BCUT2D eigenvalue weighted by Gasteiger charge is 2.08. The van der Waals surface area contributed by atoms with Gasteiger partial charge in [-0.15, -0.1) is 0 Å². The Morgan fingerprint density at radius 1 is 1.20 bits per heavy atom. The summed E-state index contributed by atoms with van der Waals surface area (Å²) in [5.74, 6) is 1.40. The molecule has 0 saturated heterocycles. The molecule has 0 atom stereocenters. The Morgan fingerprint density at radius 2 is 1.95 bits per heavy atom. The number of rotatable bonds is 5. The van der Waals surface area contributed by atoms with Crippen molar-refractivity contribution < 1.29 is 14.3 Å². The molecule has 0 fully saturated rings. The van der Waals surface area contributed by atoms with Crippen LogP contribution in [0.25, 0.3) is 0 Å². The number of carbonyl (C=O) groups excluding carboxylic acids is 1. The van der Waals surface area contributed by atoms with E-state index in [1.165, 1.54) is 0 Å². The van der Waals surface area contributed by atoms with Crippen LogP contribution in [0.5, 0.6) is 11.5 Å². The van der Waals surface area contributed by atoms with Gasteiger partial charge < -0.3 is 14.8 Å². The van der Waals surface area contributed by atoms with Crippen LogP contribution in [0, 0.1) is 6.92 Å². The first kappa shape index (κ1) is 13.9. The number of aryl methyl sites for hydroxylation is 1. The molecule has 0 bridgehead atoms. The second-order valence-corrected chi connectivity index (χ2v) is 4.16. The highest BCUT2D eigenvalue weighted by molar-refractivity contribution is 5.91. The zero-order valence-corrected chi connectivity index (χ0v) is 11.4. The van der Waals surface area contributed by atoms with Gasteiger partial charge in [-0.2, -0.15) is 0 Å². The first-order valence-corrected chi connectivity index (χ1v) is 6.18. The van der Waals surface area contributed by atoms with Crippen molar-refractivity contribution in [1.82, 2.24) is 4.98 Å². The number of nitrogens with zero attached hydrogens (tertiary/aromatic N) is 1. The van der Waals surface area contributed by atoms with E-state index in [0.29, 0.717) is 17.3 Å². The number of hydrogen-bond donors (Lipinski definition) is 1. The third-order valence-electron chi connectivity index (χ3n) is 2.70. The number of amides is 1. The summed E-state index contributed by atoms with van der Waals surface area (Å²) in [6.45, 7) is 1.78. The number of carbonyl (C=O) groups is 1. The number of benzene rings is 1. The van der Waals surface area contributed by atoms with Crippen LogP contribution in [0.15, 0.2) is 42.6 Å². The fourth-order valence-corrected chi connectivity index (χ4v) is 1.67. The van der Waals surface area contributed by atoms with Crippen LogP contribution in [0.1, 0.15) is 5.56 Å². The Morgan fingerprint density at radius 3 is 2.65 bits per heavy atom. The zero-order valence-electron chi connectivity index (χ0n) is 11.4. The van der Waals surface area contributed by atoms with Crippen molar-refractivity contribution in [2.75, 3.05) is 19.0 Å². The van der Waals surface area contributed by atoms with Crippen molar-refractivity contribution in [2.24, 2.45) is 0 Å². The quantitative estimate of drug-likeness (QED) is 0.908. The molecule has 2 rings (SSSR count). The summed E-state index contributed by atoms with van der Waals surface area (Å²) in [6, 6.07) is 10.9. The Kier molecular flexibility index (Phi) is 4.55. The second-order valence-electron chi connectivity index (χ2n) is 4.16. The molecule has 5 heteroatoms. The fourth-order valence-electron chi connectivity index (χ4n) is 1.67. The van der Waals surface area contributed by atoms with E-state index in [-0.39, 0.29) is 12.5 Å². The third kappa shape index (κ3) is 3.47. The van der Waals surface area contributed by atoms with Gasteiger partial charge in [0.25, 0.3) is 5.91 Å². The molecule has 1 amide bonds. The van der Waals surface area contributed by atoms with Crippen molar-refractivity contribution >= 4 is 11.7 Å². The molecule has 0 saturated carbocycles. The van der Waals surface area contributed by atoms with E-state index in [1.807, 2.05) is 31.2 Å². The first-order valence-electron chi connectivity index (χ1n) is 6.18. The summed E-state index contributed by atoms with van der Waals surface area (Å²) < 4.78 is 10.6. The van der Waals surface area contributed by atoms with Crippen LogP contribution in [-0.4, -0.2) is 24.6 Å². The number of anilines is 1. The summed E-state index contributed by atoms with van der Waals surface area (Å²) in [5, 5.41) is 2.70. The van der Waals surface area contributed by atoms with Gasteiger partial charge in [0.1, 0.15) is 5.82 Å². The minimum atomic E-state index is -0.266. The number of pyridine rings is 1. The summed E-state index contributed by atoms with van der Waals surface area (Å²) in [7, 11) is 1.56. The van der Waals surface area contributed by atoms with Crippen molar-refractivity contribution in [3.8, 4) is 11.5 Å². The first-order chi connectivity index (χ1) is 9.70. The summed E-state index contributed by atoms with van der Waals surface area (Å²) >= 11 is 0. The average Bonchev–Trinajstić information content (AvgIpc) is 2.48. The van der Waals surface area contributed by atoms with Crippen LogP contribution in [0.4, 0.5) is 5.82 Å². The number of methoxy groups -OCH3 is 1. The molecule has 2 aromatic rings. The van der Waals surface area contributed by atoms with Crippen molar-refractivity contribution in [1.29, 1.82) is 0 Å². The van der Waals surface area contributed by atoms with Gasteiger partial charge in [-0.05, 0) is 30.7 Å². The molecule has 104 valence electrons. The Balaban J connectivity index is 1.94. The largest absolute Gasteiger partial charge is 0.493 e. The molecule has 1 aromatic heterocycles. The fraction of sp³-hybridized carbons (Fsp3) is 0.200. The highest BCUT2D eigenvalue weighted by atomic mass is 16.5. The van der Waals surface area contributed by atoms with Gasteiger partial charge in [0.15, 0.2) is 18.1 Å². The van der Waals surface area contributed by atoms with Gasteiger partial charge in [-0.25, -0.2) is 4.98 Å². The summed E-state index contributed by atoms with van der Waals surface area (Å²) in [5.41, 5.74) is 0.901. The second kappa shape index (κ2) is 6.56. The number of nitrogens with one attached hydrogen (secondary N) is 1. The SMILES string of the molecule is COc1ccccc1OCC(=O)Nc1ncccc1C. The highest BCUT2D eigenvalue weighted by Crippen LogP contribution is 2.25. The maximum absolute atomic E-state index is 11.8. The van der Waals surface area contributed by atoms with Crippen LogP contribution in [0.3, 0.4) is 0 Å². The van der Waals surface area contributed by atoms with E-state index in [0.717, 1.165) is 5.56 Å². The molecule has 0 spiro atoms. The molecule has 0 aliphatic heterocycles. The third-order valence-corrected chi connectivity index (χ3v) is 2.70. The Bertz CT molecular complexity index is 599. The zero-order chi connectivity index (χ0) is 14.4. The minimum Gasteiger partial charge on any atom is -0.493 e. The average molecular weight is 272 g/mol. The molecule has 0 unspecified atom stereocenters. The molecule has 1 aromatic carbocycles. The van der Waals surface area contributed by atoms with Crippen molar-refractivity contribution in [3.63, 3.8) is 0 Å². The lowest BCUT2D eigenvalue weighted by Gasteiger charge is -2.10. The molecule has 0 aliphatic rings. The number of para-hydroxylation sites is 2. The predicted molar refractivity (Wildman–Crippen MR) is 76.1 cm³/mol. The van der Waals surface area contributed by atoms with Gasteiger partial charge in [0.05, 0.1) is 7.11 Å². The van der Waals surface area contributed by atoms with Crippen LogP contribution in [-0.2, 0) is 4.79 Å². The molecule has 1 heterocycles. The normalized spacial score (nSPS) is 9.90. The predicted octanol–water partition coefficient (Wildman–Crippen LogP) is 2.42. The van der Waals surface area contributed by atoms with Gasteiger partial charge >= 0.3 is 0 Å². The van der Waals surface area contributed by atoms with Crippen LogP contribution < -0.4 is 14.8 Å². The van der Waals surface area contributed by atoms with E-state index in [4.69, 9.17) is 9.47 Å². The monoisotopic (exact) mass is 272 g/mol. The van der Waals surface area contributed by atoms with E-state index in [2.05, 4.69) is 10.3 Å². The molecule has 20 heavy (non-hydrogen) atoms. The molecule has 0 aliphatic carbocycles. The van der Waals surface area contributed by atoms with E-state index in [9.17, 15) is 4.79 Å². The van der Waals surface area contributed by atoms with Crippen LogP contribution >= 0.6 is 0 Å². The van der Waals surface area contributed by atoms with E-state index in [1.54, 1.807) is 25.4 Å². The van der Waals surface area contributed by atoms with Gasteiger partial charge in [-0.3, -0.25) is 4.79 Å². The van der Waals surface area contributed by atoms with E-state index < -0.39 is 0 Å². The number of aromatic nitrogens is 1. The van der Waals surface area contributed by atoms with Crippen molar-refractivity contribution in [2.45, 2.75) is 6.92 Å². The lowest BCUT2D eigenvalue weighted by atomic mass is 10.3. The van der Waals surface area contributed by atoms with Gasteiger partial charge in [0.2, 0.25) is 0 Å². The maximum atomic E-state index is 11.8. The number of ether oxygens (including phenoxy) is 2. The standard InChI is InChI=1S/C15H16N2O3/c1-11-6-5-9-16-15(11)17-14(18)10-20-13-8-4-3-7-12(13)19-2/h3-9H,10H2,1-2H3,(H,16,17,18). The molecule has 5 nitrogen and oxygen atoms in total. The lowest BCUT2D eigenvalue weighted by Crippen LogP contribution is -2.21. The van der Waals surface area contributed by atoms with Crippen LogP contribution in [0.2, 0.25) is 0 Å².